The van der Waals surface area contributed by atoms with Crippen molar-refractivity contribution in [2.45, 2.75) is 35.8 Å². The quantitative estimate of drug-likeness (QED) is 0.536. The molecule has 0 bridgehead atoms. The first-order chi connectivity index (χ1) is 16.6. The van der Waals surface area contributed by atoms with Crippen LogP contribution in [-0.2, 0) is 5.75 Å². The van der Waals surface area contributed by atoms with Crippen molar-refractivity contribution < 1.29 is 27.5 Å². The molecule has 2 aliphatic rings. The van der Waals surface area contributed by atoms with Crippen molar-refractivity contribution in [1.82, 2.24) is 9.58 Å². The number of alkyl halides is 3. The van der Waals surface area contributed by atoms with E-state index < -0.39 is 53.5 Å². The lowest BCUT2D eigenvalue weighted by Gasteiger charge is -2.46. The number of halogens is 4. The Morgan fingerprint density at radius 2 is 1.94 bits per heavy atom. The average molecular weight is 503 g/mol. The lowest BCUT2D eigenvalue weighted by atomic mass is 9.94. The van der Waals surface area contributed by atoms with Gasteiger partial charge in [-0.05, 0) is 42.3 Å². The zero-order valence-electron chi connectivity index (χ0n) is 18.1. The molecule has 0 radical (unpaired) electrons. The van der Waals surface area contributed by atoms with Crippen molar-refractivity contribution in [2.75, 3.05) is 11.7 Å². The largest absolute Gasteiger partial charge is 0.502 e. The number of rotatable bonds is 2. The van der Waals surface area contributed by atoms with E-state index in [9.17, 15) is 32.3 Å². The van der Waals surface area contributed by atoms with Gasteiger partial charge in [0.05, 0.1) is 10.9 Å². The summed E-state index contributed by atoms with van der Waals surface area (Å²) >= 11 is 1.38. The maximum Gasteiger partial charge on any atom is 0.408 e. The molecule has 0 aliphatic carbocycles. The lowest BCUT2D eigenvalue weighted by molar-refractivity contribution is -0.173. The van der Waals surface area contributed by atoms with Crippen molar-refractivity contribution in [2.24, 2.45) is 0 Å². The number of carbonyl (C=O) groups excluding carboxylic acids is 1. The van der Waals surface area contributed by atoms with Crippen LogP contribution in [0, 0.1) is 17.9 Å². The maximum absolute atomic E-state index is 14.1. The highest BCUT2D eigenvalue weighted by atomic mass is 32.2. The molecule has 3 aromatic rings. The molecule has 5 rings (SSSR count). The van der Waals surface area contributed by atoms with Crippen molar-refractivity contribution in [3.63, 3.8) is 0 Å². The van der Waals surface area contributed by atoms with Crippen LogP contribution in [0.1, 0.15) is 40.1 Å². The summed E-state index contributed by atoms with van der Waals surface area (Å²) in [5.74, 6) is -2.16. The number of fused-ring (bicyclic) bond motifs is 3. The fourth-order valence-corrected chi connectivity index (χ4v) is 5.39. The van der Waals surface area contributed by atoms with Crippen molar-refractivity contribution in [3.05, 3.63) is 93.2 Å². The van der Waals surface area contributed by atoms with Crippen molar-refractivity contribution in [3.8, 4) is 5.75 Å². The Morgan fingerprint density at radius 1 is 1.17 bits per heavy atom. The van der Waals surface area contributed by atoms with Crippen LogP contribution in [-0.4, -0.2) is 39.5 Å². The molecule has 1 N–H and O–H groups in total. The number of hydrogen-bond acceptors (Lipinski definition) is 5. The fourth-order valence-electron chi connectivity index (χ4n) is 4.36. The van der Waals surface area contributed by atoms with Crippen LogP contribution < -0.4 is 10.4 Å². The second-order valence-electron chi connectivity index (χ2n) is 8.22. The number of benzene rings is 1. The van der Waals surface area contributed by atoms with E-state index in [1.54, 1.807) is 18.2 Å². The molecule has 6 nitrogen and oxygen atoms in total. The van der Waals surface area contributed by atoms with Crippen molar-refractivity contribution >= 4 is 17.7 Å². The molecule has 2 atom stereocenters. The van der Waals surface area contributed by atoms with E-state index in [1.807, 2.05) is 0 Å². The third kappa shape index (κ3) is 3.78. The highest BCUT2D eigenvalue weighted by molar-refractivity contribution is 7.98. The number of aromatic hydroxyl groups is 1. The van der Waals surface area contributed by atoms with E-state index in [0.717, 1.165) is 13.0 Å². The van der Waals surface area contributed by atoms with E-state index in [4.69, 9.17) is 0 Å². The molecule has 35 heavy (non-hydrogen) atoms. The molecule has 0 spiro atoms. The Labute approximate surface area is 201 Å². The Hall–Kier alpha value is -3.65. The monoisotopic (exact) mass is 503 g/mol. The van der Waals surface area contributed by atoms with E-state index in [-0.39, 0.29) is 0 Å². The maximum atomic E-state index is 14.1. The molecule has 0 saturated carbocycles. The second kappa shape index (κ2) is 8.23. The summed E-state index contributed by atoms with van der Waals surface area (Å²) in [6, 6.07) is 11.4. The predicted molar refractivity (Wildman–Crippen MR) is 119 cm³/mol. The number of nitrogens with zero attached hydrogens (tertiary/aromatic N) is 3. The van der Waals surface area contributed by atoms with E-state index >= 15 is 0 Å². The number of thioether (sulfide) groups is 1. The summed E-state index contributed by atoms with van der Waals surface area (Å²) in [5, 5.41) is 11.9. The zero-order valence-corrected chi connectivity index (χ0v) is 19.0. The van der Waals surface area contributed by atoms with Gasteiger partial charge < -0.3 is 10.0 Å². The van der Waals surface area contributed by atoms with Gasteiger partial charge in [0.1, 0.15) is 18.5 Å². The molecule has 11 heteroatoms. The molecule has 2 aliphatic heterocycles. The summed E-state index contributed by atoms with van der Waals surface area (Å²) in [6.45, 7) is 0.325. The van der Waals surface area contributed by atoms with Gasteiger partial charge in [-0.25, -0.2) is 4.39 Å². The SMILES string of the molecule is CC(N1CN([C@@H]2c3ccc#cc3SCc3cc(F)ccc32)n2ccc(=O)c(O)c2C1=O)C(F)(F)F. The van der Waals surface area contributed by atoms with Gasteiger partial charge in [0.15, 0.2) is 11.4 Å². The minimum Gasteiger partial charge on any atom is -0.502 e. The highest BCUT2D eigenvalue weighted by Crippen LogP contribution is 2.43. The normalized spacial score (nSPS) is 18.2. The van der Waals surface area contributed by atoms with Crippen molar-refractivity contribution in [1.29, 1.82) is 0 Å². The fraction of sp³-hybridized carbons (Fsp3) is 0.250. The van der Waals surface area contributed by atoms with Gasteiger partial charge in [0.25, 0.3) is 5.91 Å². The first-order valence-corrected chi connectivity index (χ1v) is 11.5. The summed E-state index contributed by atoms with van der Waals surface area (Å²) in [6.07, 6.45) is -3.51. The van der Waals surface area contributed by atoms with Gasteiger partial charge in [-0.15, -0.1) is 11.8 Å². The van der Waals surface area contributed by atoms with Crippen LogP contribution >= 0.6 is 11.8 Å². The topological polar surface area (TPSA) is 65.8 Å². The molecular formula is C24H17F4N3O3S. The minimum absolute atomic E-state index is 0.378. The molecule has 3 heterocycles. The van der Waals surface area contributed by atoms with Gasteiger partial charge in [-0.2, -0.15) is 13.2 Å². The van der Waals surface area contributed by atoms with Crippen LogP contribution in [0.15, 0.2) is 52.3 Å². The number of aromatic nitrogens is 1. The third-order valence-corrected chi connectivity index (χ3v) is 7.27. The molecule has 1 unspecified atom stereocenters. The number of amides is 1. The summed E-state index contributed by atoms with van der Waals surface area (Å²) < 4.78 is 56.5. The van der Waals surface area contributed by atoms with Crippen LogP contribution in [0.3, 0.4) is 0 Å². The van der Waals surface area contributed by atoms with Crippen LogP contribution in [0.25, 0.3) is 0 Å². The van der Waals surface area contributed by atoms with E-state index in [1.165, 1.54) is 39.8 Å². The molecule has 1 aromatic heterocycles. The predicted octanol–water partition coefficient (Wildman–Crippen LogP) is 3.99. The van der Waals surface area contributed by atoms with Gasteiger partial charge in [0.2, 0.25) is 5.43 Å². The minimum atomic E-state index is -4.75. The molecule has 180 valence electrons. The smallest absolute Gasteiger partial charge is 0.408 e. The Bertz CT molecular complexity index is 1390. The van der Waals surface area contributed by atoms with Crippen LogP contribution in [0.2, 0.25) is 0 Å². The molecule has 0 saturated heterocycles. The number of pyridine rings is 1. The van der Waals surface area contributed by atoms with Gasteiger partial charge in [-0.3, -0.25) is 19.3 Å². The Morgan fingerprint density at radius 3 is 2.69 bits per heavy atom. The zero-order chi connectivity index (χ0) is 25.1. The van der Waals surface area contributed by atoms with Crippen LogP contribution in [0.5, 0.6) is 5.75 Å². The molecular weight excluding hydrogens is 486 g/mol. The number of carbonyl (C=O) groups is 1. The molecule has 2 aromatic carbocycles. The third-order valence-electron chi connectivity index (χ3n) is 6.19. The first kappa shape index (κ1) is 23.1. The van der Waals surface area contributed by atoms with Crippen LogP contribution in [0.4, 0.5) is 17.6 Å². The summed E-state index contributed by atoms with van der Waals surface area (Å²) in [5.41, 5.74) is 0.401. The lowest BCUT2D eigenvalue weighted by Crippen LogP contribution is -2.60. The molecule has 1 amide bonds. The van der Waals surface area contributed by atoms with Gasteiger partial charge in [-0.1, -0.05) is 18.2 Å². The summed E-state index contributed by atoms with van der Waals surface area (Å²) in [7, 11) is 0. The Kier molecular flexibility index (Phi) is 5.44. The first-order valence-electron chi connectivity index (χ1n) is 10.5. The second-order valence-corrected chi connectivity index (χ2v) is 9.20. The number of hydrogen-bond donors (Lipinski definition) is 1. The standard InChI is InChI=1S/C24H17F4N3O3S/c1-13(24(26,27)28)29-12-31(30-9-8-18(32)22(33)21(30)23(29)34)20-16-7-6-15(25)10-14(16)11-35-19-5-3-2-4-17(19)20/h2,4,6-10,13,20,33H,11-12H2,1H3/t13?,20-/m0/s1. The van der Waals surface area contributed by atoms with Gasteiger partial charge >= 0.3 is 6.18 Å². The Balaban J connectivity index is 1.78. The molecule has 0 fully saturated rings. The van der Waals surface area contributed by atoms with E-state index in [2.05, 4.69) is 12.1 Å². The highest BCUT2D eigenvalue weighted by Gasteiger charge is 2.47. The van der Waals surface area contributed by atoms with E-state index in [0.29, 0.717) is 32.2 Å². The van der Waals surface area contributed by atoms with Gasteiger partial charge in [0, 0.05) is 23.6 Å². The summed E-state index contributed by atoms with van der Waals surface area (Å²) in [4.78, 5) is 26.5. The average Bonchev–Trinajstić information content (AvgIpc) is 2.97.